The number of amides is 4. The third-order valence-corrected chi connectivity index (χ3v) is 8.94. The van der Waals surface area contributed by atoms with Crippen LogP contribution < -0.4 is 22.1 Å². The maximum Gasteiger partial charge on any atom is 0.243 e. The summed E-state index contributed by atoms with van der Waals surface area (Å²) in [6.45, 7) is 1.99. The molecule has 1 heterocycles. The van der Waals surface area contributed by atoms with E-state index < -0.39 is 53.7 Å². The molecule has 0 saturated heterocycles. The van der Waals surface area contributed by atoms with Crippen molar-refractivity contribution in [3.63, 3.8) is 0 Å². The fourth-order valence-electron chi connectivity index (χ4n) is 6.05. The van der Waals surface area contributed by atoms with Crippen LogP contribution in [0.2, 0.25) is 0 Å². The maximum absolute atomic E-state index is 14.2. The predicted molar refractivity (Wildman–Crippen MR) is 182 cm³/mol. The second-order valence-electron chi connectivity index (χ2n) is 12.3. The second-order valence-corrected chi connectivity index (χ2v) is 12.3. The minimum absolute atomic E-state index is 0.103. The third kappa shape index (κ3) is 8.26. The van der Waals surface area contributed by atoms with Crippen LogP contribution in [0.1, 0.15) is 40.7 Å². The van der Waals surface area contributed by atoms with Crippen molar-refractivity contribution < 1.29 is 24.3 Å². The Labute approximate surface area is 280 Å². The van der Waals surface area contributed by atoms with Gasteiger partial charge in [0.25, 0.3) is 0 Å². The fraction of sp³-hybridized carbons (Fsp3) is 0.263. The highest BCUT2D eigenvalue weighted by molar-refractivity contribution is 5.95. The van der Waals surface area contributed by atoms with E-state index >= 15 is 0 Å². The van der Waals surface area contributed by atoms with Crippen molar-refractivity contribution >= 4 is 23.6 Å². The fourth-order valence-corrected chi connectivity index (χ4v) is 6.05. The molecule has 0 fully saturated rings. The van der Waals surface area contributed by atoms with Crippen LogP contribution >= 0.6 is 0 Å². The molecule has 10 nitrogen and oxygen atoms in total. The van der Waals surface area contributed by atoms with Gasteiger partial charge in [0.1, 0.15) is 23.9 Å². The molecule has 0 bridgehead atoms. The quantitative estimate of drug-likeness (QED) is 0.159. The Morgan fingerprint density at radius 2 is 1.31 bits per heavy atom. The molecule has 7 N–H and O–H groups in total. The summed E-state index contributed by atoms with van der Waals surface area (Å²) in [7, 11) is 0. The molecule has 5 atom stereocenters. The molecule has 0 saturated carbocycles. The van der Waals surface area contributed by atoms with Gasteiger partial charge in [-0.1, -0.05) is 104 Å². The Kier molecular flexibility index (Phi) is 10.9. The van der Waals surface area contributed by atoms with Gasteiger partial charge in [-0.3, -0.25) is 19.2 Å². The number of carbonyl (C=O) groups is 4. The summed E-state index contributed by atoms with van der Waals surface area (Å²) < 4.78 is 0. The first-order valence-corrected chi connectivity index (χ1v) is 16.0. The van der Waals surface area contributed by atoms with Gasteiger partial charge in [0, 0.05) is 31.7 Å². The first-order chi connectivity index (χ1) is 23.1. The summed E-state index contributed by atoms with van der Waals surface area (Å²) in [4.78, 5) is 56.0. The van der Waals surface area contributed by atoms with Crippen LogP contribution in [-0.4, -0.2) is 57.8 Å². The van der Waals surface area contributed by atoms with E-state index in [1.54, 1.807) is 12.1 Å². The lowest BCUT2D eigenvalue weighted by molar-refractivity contribution is -0.144. The topological polar surface area (TPSA) is 168 Å². The minimum Gasteiger partial charge on any atom is -0.508 e. The highest BCUT2D eigenvalue weighted by atomic mass is 16.3. The molecule has 0 unspecified atom stereocenters. The average Bonchev–Trinajstić information content (AvgIpc) is 3.10. The zero-order valence-corrected chi connectivity index (χ0v) is 26.8. The van der Waals surface area contributed by atoms with Crippen molar-refractivity contribution in [1.82, 2.24) is 15.5 Å². The molecule has 248 valence electrons. The smallest absolute Gasteiger partial charge is 0.243 e. The number of nitrogens with two attached hydrogens (primary N) is 2. The molecule has 4 amide bonds. The van der Waals surface area contributed by atoms with Crippen molar-refractivity contribution in [1.29, 1.82) is 0 Å². The highest BCUT2D eigenvalue weighted by Crippen LogP contribution is 2.28. The monoisotopic (exact) mass is 647 g/mol. The summed E-state index contributed by atoms with van der Waals surface area (Å²) >= 11 is 0. The summed E-state index contributed by atoms with van der Waals surface area (Å²) in [6.07, 6.45) is 0.558. The highest BCUT2D eigenvalue weighted by Gasteiger charge is 2.39. The van der Waals surface area contributed by atoms with Crippen molar-refractivity contribution in [2.45, 2.75) is 62.8 Å². The Bertz CT molecular complexity index is 1730. The molecular formula is C38H41N5O5. The van der Waals surface area contributed by atoms with Crippen molar-refractivity contribution in [3.8, 4) is 5.75 Å². The van der Waals surface area contributed by atoms with Gasteiger partial charge in [-0.15, -0.1) is 0 Å². The number of nitrogens with zero attached hydrogens (tertiary/aromatic N) is 1. The van der Waals surface area contributed by atoms with Crippen LogP contribution in [0.5, 0.6) is 5.75 Å². The molecule has 10 heteroatoms. The predicted octanol–water partition coefficient (Wildman–Crippen LogP) is 2.72. The van der Waals surface area contributed by atoms with Gasteiger partial charge in [-0.25, -0.2) is 0 Å². The van der Waals surface area contributed by atoms with Crippen molar-refractivity contribution in [3.05, 3.63) is 137 Å². The number of phenolic OH excluding ortho intramolecular Hbond substituents is 1. The average molecular weight is 648 g/mol. The number of phenols is 1. The van der Waals surface area contributed by atoms with E-state index in [0.29, 0.717) is 0 Å². The Morgan fingerprint density at radius 1 is 0.771 bits per heavy atom. The third-order valence-electron chi connectivity index (χ3n) is 8.94. The lowest BCUT2D eigenvalue weighted by Crippen LogP contribution is -2.60. The van der Waals surface area contributed by atoms with E-state index in [9.17, 15) is 24.3 Å². The van der Waals surface area contributed by atoms with Gasteiger partial charge in [0.15, 0.2) is 0 Å². The second kappa shape index (κ2) is 15.4. The van der Waals surface area contributed by atoms with E-state index in [2.05, 4.69) is 10.6 Å². The number of primary amides is 1. The Balaban J connectivity index is 1.40. The van der Waals surface area contributed by atoms with Gasteiger partial charge in [-0.2, -0.15) is 0 Å². The van der Waals surface area contributed by atoms with Crippen LogP contribution in [0, 0.1) is 0 Å². The largest absolute Gasteiger partial charge is 0.508 e. The molecule has 0 aromatic heterocycles. The Hall–Kier alpha value is -5.48. The molecule has 0 aliphatic carbocycles. The summed E-state index contributed by atoms with van der Waals surface area (Å²) in [5, 5.41) is 15.4. The molecule has 5 rings (SSSR count). The lowest BCUT2D eigenvalue weighted by Gasteiger charge is -2.39. The van der Waals surface area contributed by atoms with Crippen LogP contribution in [0.3, 0.4) is 0 Å². The molecule has 48 heavy (non-hydrogen) atoms. The van der Waals surface area contributed by atoms with Gasteiger partial charge in [-0.05, 0) is 39.9 Å². The van der Waals surface area contributed by atoms with Gasteiger partial charge in [0.2, 0.25) is 23.6 Å². The standard InChI is InChI=1S/C38H41N5O5/c1-24(27-16-18-30(44)19-17-27)34(39)38(48)43-23-29-15-9-8-14-28(29)22-33(43)37(47)42-32(21-26-12-6-3-7-13-26)36(46)41-31(35(40)45)20-25-10-4-2-5-11-25/h2-19,24,31-34,44H,20-23,39H2,1H3,(H2,40,45)(H,41,46)(H,42,47)/t24-,31-,32-,33-,34-/m0/s1. The van der Waals surface area contributed by atoms with Crippen LogP contribution in [0.4, 0.5) is 0 Å². The number of benzene rings is 4. The molecule has 4 aromatic rings. The van der Waals surface area contributed by atoms with Gasteiger partial charge in [0.05, 0.1) is 6.04 Å². The maximum atomic E-state index is 14.2. The van der Waals surface area contributed by atoms with Gasteiger partial charge >= 0.3 is 0 Å². The lowest BCUT2D eigenvalue weighted by atomic mass is 9.89. The van der Waals surface area contributed by atoms with Crippen molar-refractivity contribution in [2.75, 3.05) is 0 Å². The SMILES string of the molecule is C[C@@H](c1ccc(O)cc1)[C@H](N)C(=O)N1Cc2ccccc2C[C@H]1C(=O)N[C@@H](Cc1ccccc1)C(=O)N[C@@H](Cc1ccccc1)C(N)=O. The number of rotatable bonds is 12. The summed E-state index contributed by atoms with van der Waals surface area (Å²) in [5.41, 5.74) is 16.4. The van der Waals surface area contributed by atoms with Crippen LogP contribution in [0.25, 0.3) is 0 Å². The summed E-state index contributed by atoms with van der Waals surface area (Å²) in [6, 6.07) is 28.5. The zero-order valence-electron chi connectivity index (χ0n) is 26.8. The Morgan fingerprint density at radius 3 is 1.90 bits per heavy atom. The molecule has 1 aliphatic rings. The number of hydrogen-bond donors (Lipinski definition) is 5. The number of aromatic hydroxyl groups is 1. The number of fused-ring (bicyclic) bond motifs is 1. The summed E-state index contributed by atoms with van der Waals surface area (Å²) in [5.74, 6) is -2.51. The van der Waals surface area contributed by atoms with E-state index in [1.165, 1.54) is 17.0 Å². The van der Waals surface area contributed by atoms with E-state index in [0.717, 1.165) is 27.8 Å². The number of hydrogen-bond acceptors (Lipinski definition) is 6. The van der Waals surface area contributed by atoms with Crippen LogP contribution in [0.15, 0.2) is 109 Å². The van der Waals surface area contributed by atoms with Crippen LogP contribution in [-0.2, 0) is 45.0 Å². The minimum atomic E-state index is -1.07. The van der Waals surface area contributed by atoms with E-state index in [-0.39, 0.29) is 31.6 Å². The first-order valence-electron chi connectivity index (χ1n) is 16.0. The molecular weight excluding hydrogens is 606 g/mol. The number of carbonyl (C=O) groups excluding carboxylic acids is 4. The zero-order chi connectivity index (χ0) is 34.2. The van der Waals surface area contributed by atoms with Gasteiger partial charge < -0.3 is 32.1 Å². The molecule has 0 radical (unpaired) electrons. The van der Waals surface area contributed by atoms with E-state index in [1.807, 2.05) is 91.9 Å². The molecule has 4 aromatic carbocycles. The molecule has 1 aliphatic heterocycles. The number of nitrogens with one attached hydrogen (secondary N) is 2. The normalized spacial score (nSPS) is 16.5. The van der Waals surface area contributed by atoms with Crippen molar-refractivity contribution in [2.24, 2.45) is 11.5 Å². The molecule has 0 spiro atoms. The first kappa shape index (κ1) is 33.9. The van der Waals surface area contributed by atoms with E-state index in [4.69, 9.17) is 11.5 Å².